The number of ether oxygens (including phenoxy) is 2. The largest absolute Gasteiger partial charge is 0.480 e. The van der Waals surface area contributed by atoms with Crippen molar-refractivity contribution in [2.75, 3.05) is 39.5 Å². The highest BCUT2D eigenvalue weighted by Crippen LogP contribution is 2.44. The second-order valence-electron chi connectivity index (χ2n) is 9.62. The van der Waals surface area contributed by atoms with Crippen LogP contribution in [0.2, 0.25) is 0 Å². The van der Waals surface area contributed by atoms with Crippen LogP contribution in [0.4, 0.5) is 4.79 Å². The van der Waals surface area contributed by atoms with Crippen LogP contribution >= 0.6 is 0 Å². The molecule has 2 aromatic carbocycles. The van der Waals surface area contributed by atoms with Crippen LogP contribution in [0.25, 0.3) is 11.1 Å². The first kappa shape index (κ1) is 23.3. The molecule has 4 rings (SSSR count). The van der Waals surface area contributed by atoms with Crippen LogP contribution in [0, 0.1) is 5.41 Å². The second kappa shape index (κ2) is 9.93. The zero-order valence-corrected chi connectivity index (χ0v) is 19.3. The van der Waals surface area contributed by atoms with Crippen molar-refractivity contribution in [2.45, 2.75) is 32.2 Å². The van der Waals surface area contributed by atoms with Gasteiger partial charge in [0.2, 0.25) is 0 Å². The lowest BCUT2D eigenvalue weighted by Crippen LogP contribution is -2.47. The SMILES string of the molecule is CC(C)(CC(NC(=O)OCC1c2ccccc2-c2ccccc21)C(=O)O)CN1CCOCC1. The molecule has 2 aromatic rings. The molecule has 1 aliphatic carbocycles. The highest BCUT2D eigenvalue weighted by atomic mass is 16.5. The Labute approximate surface area is 194 Å². The summed E-state index contributed by atoms with van der Waals surface area (Å²) >= 11 is 0. The van der Waals surface area contributed by atoms with Crippen LogP contribution in [0.3, 0.4) is 0 Å². The summed E-state index contributed by atoms with van der Waals surface area (Å²) in [7, 11) is 0. The molecule has 1 amide bonds. The Morgan fingerprint density at radius 1 is 1.09 bits per heavy atom. The van der Waals surface area contributed by atoms with Crippen molar-refractivity contribution < 1.29 is 24.2 Å². The molecule has 1 atom stereocenters. The van der Waals surface area contributed by atoms with Crippen LogP contribution in [-0.4, -0.2) is 67.6 Å². The third kappa shape index (κ3) is 5.54. The highest BCUT2D eigenvalue weighted by Gasteiger charge is 2.33. The van der Waals surface area contributed by atoms with Crippen molar-refractivity contribution >= 4 is 12.1 Å². The van der Waals surface area contributed by atoms with Crippen molar-refractivity contribution in [3.8, 4) is 11.1 Å². The zero-order chi connectivity index (χ0) is 23.4. The first-order chi connectivity index (χ1) is 15.8. The maximum absolute atomic E-state index is 12.6. The Morgan fingerprint density at radius 2 is 1.67 bits per heavy atom. The number of benzene rings is 2. The number of alkyl carbamates (subject to hydrolysis) is 1. The monoisotopic (exact) mass is 452 g/mol. The number of amides is 1. The minimum Gasteiger partial charge on any atom is -0.480 e. The molecule has 1 saturated heterocycles. The molecule has 0 saturated carbocycles. The molecule has 0 bridgehead atoms. The molecule has 176 valence electrons. The average molecular weight is 453 g/mol. The number of carboxylic acid groups (broad SMARTS) is 1. The fraction of sp³-hybridized carbons (Fsp3) is 0.462. The molecule has 1 unspecified atom stereocenters. The number of rotatable bonds is 8. The summed E-state index contributed by atoms with van der Waals surface area (Å²) in [6, 6.07) is 15.2. The number of aliphatic carboxylic acids is 1. The van der Waals surface area contributed by atoms with Crippen molar-refractivity contribution in [3.05, 3.63) is 59.7 Å². The Morgan fingerprint density at radius 3 is 2.24 bits per heavy atom. The number of carbonyl (C=O) groups is 2. The van der Waals surface area contributed by atoms with Gasteiger partial charge in [-0.05, 0) is 34.1 Å². The normalized spacial score (nSPS) is 17.2. The number of carboxylic acids is 1. The van der Waals surface area contributed by atoms with E-state index in [9.17, 15) is 14.7 Å². The third-order valence-electron chi connectivity index (χ3n) is 6.45. The molecule has 1 heterocycles. The smallest absolute Gasteiger partial charge is 0.407 e. The van der Waals surface area contributed by atoms with E-state index in [0.717, 1.165) is 41.9 Å². The van der Waals surface area contributed by atoms with E-state index in [1.807, 2.05) is 38.1 Å². The first-order valence-electron chi connectivity index (χ1n) is 11.5. The highest BCUT2D eigenvalue weighted by molar-refractivity contribution is 5.81. The summed E-state index contributed by atoms with van der Waals surface area (Å²) in [5.74, 6) is -1.12. The fourth-order valence-corrected chi connectivity index (χ4v) is 4.96. The van der Waals surface area contributed by atoms with E-state index in [1.54, 1.807) is 0 Å². The van der Waals surface area contributed by atoms with E-state index in [-0.39, 0.29) is 17.9 Å². The van der Waals surface area contributed by atoms with Crippen molar-refractivity contribution in [2.24, 2.45) is 5.41 Å². The van der Waals surface area contributed by atoms with Crippen LogP contribution in [0.15, 0.2) is 48.5 Å². The van der Waals surface area contributed by atoms with Gasteiger partial charge in [-0.15, -0.1) is 0 Å². The van der Waals surface area contributed by atoms with Gasteiger partial charge in [-0.25, -0.2) is 9.59 Å². The molecule has 7 nitrogen and oxygen atoms in total. The molecule has 0 radical (unpaired) electrons. The van der Waals surface area contributed by atoms with Crippen LogP contribution in [0.1, 0.15) is 37.3 Å². The molecular weight excluding hydrogens is 420 g/mol. The molecule has 7 heteroatoms. The quantitative estimate of drug-likeness (QED) is 0.635. The van der Waals surface area contributed by atoms with E-state index in [0.29, 0.717) is 19.6 Å². The molecule has 33 heavy (non-hydrogen) atoms. The van der Waals surface area contributed by atoms with E-state index >= 15 is 0 Å². The molecule has 1 aliphatic heterocycles. The Hall–Kier alpha value is -2.90. The van der Waals surface area contributed by atoms with Crippen molar-refractivity contribution in [1.82, 2.24) is 10.2 Å². The van der Waals surface area contributed by atoms with E-state index in [4.69, 9.17) is 9.47 Å². The molecule has 0 spiro atoms. The van der Waals surface area contributed by atoms with Gasteiger partial charge < -0.3 is 19.9 Å². The number of nitrogens with zero attached hydrogens (tertiary/aromatic N) is 1. The van der Waals surface area contributed by atoms with Gasteiger partial charge in [0.1, 0.15) is 12.6 Å². The number of hydrogen-bond acceptors (Lipinski definition) is 5. The molecular formula is C26H32N2O5. The summed E-state index contributed by atoms with van der Waals surface area (Å²) in [6.45, 7) is 8.00. The van der Waals surface area contributed by atoms with E-state index in [2.05, 4.69) is 34.5 Å². The number of nitrogens with one attached hydrogen (secondary N) is 1. The Balaban J connectivity index is 1.36. The Bertz CT molecular complexity index is 954. The molecule has 0 aromatic heterocycles. The van der Waals surface area contributed by atoms with Crippen molar-refractivity contribution in [1.29, 1.82) is 0 Å². The summed E-state index contributed by atoms with van der Waals surface area (Å²) in [5, 5.41) is 12.3. The topological polar surface area (TPSA) is 88.1 Å². The summed E-state index contributed by atoms with van der Waals surface area (Å²) in [5.41, 5.74) is 4.24. The Kier molecular flexibility index (Phi) is 7.00. The minimum atomic E-state index is -1.06. The summed E-state index contributed by atoms with van der Waals surface area (Å²) in [6.07, 6.45) is -0.393. The number of morpholine rings is 1. The zero-order valence-electron chi connectivity index (χ0n) is 19.3. The lowest BCUT2D eigenvalue weighted by atomic mass is 9.85. The lowest BCUT2D eigenvalue weighted by molar-refractivity contribution is -0.140. The van der Waals surface area contributed by atoms with Crippen molar-refractivity contribution in [3.63, 3.8) is 0 Å². The van der Waals surface area contributed by atoms with Gasteiger partial charge >= 0.3 is 12.1 Å². The standard InChI is InChI=1S/C26H32N2O5/c1-26(2,17-28-11-13-32-14-12-28)15-23(24(29)30)27-25(31)33-16-22-20-9-5-3-7-18(20)19-8-4-6-10-21(19)22/h3-10,22-23H,11-17H2,1-2H3,(H,27,31)(H,29,30). The van der Waals surface area contributed by atoms with Crippen LogP contribution in [0.5, 0.6) is 0 Å². The average Bonchev–Trinajstić information content (AvgIpc) is 3.11. The van der Waals surface area contributed by atoms with Gasteiger partial charge in [0.25, 0.3) is 0 Å². The van der Waals surface area contributed by atoms with E-state index in [1.165, 1.54) is 0 Å². The molecule has 2 N–H and O–H groups in total. The van der Waals surface area contributed by atoms with E-state index < -0.39 is 18.1 Å². The minimum absolute atomic E-state index is 0.0656. The summed E-state index contributed by atoms with van der Waals surface area (Å²) < 4.78 is 10.9. The summed E-state index contributed by atoms with van der Waals surface area (Å²) in [4.78, 5) is 26.8. The van der Waals surface area contributed by atoms with Gasteiger partial charge in [0.05, 0.1) is 13.2 Å². The molecule has 2 aliphatic rings. The van der Waals surface area contributed by atoms with Gasteiger partial charge in [-0.3, -0.25) is 4.90 Å². The van der Waals surface area contributed by atoms with Crippen LogP contribution < -0.4 is 5.32 Å². The lowest BCUT2D eigenvalue weighted by Gasteiger charge is -2.36. The number of hydrogen-bond donors (Lipinski definition) is 2. The number of fused-ring (bicyclic) bond motifs is 3. The second-order valence-corrected chi connectivity index (χ2v) is 9.62. The third-order valence-corrected chi connectivity index (χ3v) is 6.45. The molecule has 1 fully saturated rings. The fourth-order valence-electron chi connectivity index (χ4n) is 4.96. The van der Waals surface area contributed by atoms with Gasteiger partial charge in [0.15, 0.2) is 0 Å². The first-order valence-corrected chi connectivity index (χ1v) is 11.5. The number of carbonyl (C=O) groups excluding carboxylic acids is 1. The predicted octanol–water partition coefficient (Wildman–Crippen LogP) is 3.73. The maximum Gasteiger partial charge on any atom is 0.407 e. The maximum atomic E-state index is 12.6. The van der Waals surface area contributed by atoms with Gasteiger partial charge in [0, 0.05) is 25.6 Å². The van der Waals surface area contributed by atoms with Gasteiger partial charge in [-0.2, -0.15) is 0 Å². The predicted molar refractivity (Wildman–Crippen MR) is 125 cm³/mol. The van der Waals surface area contributed by atoms with Gasteiger partial charge in [-0.1, -0.05) is 62.4 Å². The van der Waals surface area contributed by atoms with Crippen LogP contribution in [-0.2, 0) is 14.3 Å².